The second-order valence-electron chi connectivity index (χ2n) is 5.14. The number of morpholine rings is 1. The van der Waals surface area contributed by atoms with Crippen molar-refractivity contribution in [1.29, 1.82) is 0 Å². The van der Waals surface area contributed by atoms with E-state index in [1.807, 2.05) is 13.0 Å². The van der Waals surface area contributed by atoms with Gasteiger partial charge in [-0.3, -0.25) is 0 Å². The summed E-state index contributed by atoms with van der Waals surface area (Å²) >= 11 is 0. The minimum atomic E-state index is -3.60. The normalized spacial score (nSPS) is 19.7. The Bertz CT molecular complexity index is 583. The zero-order valence-corrected chi connectivity index (χ0v) is 13.4. The summed E-state index contributed by atoms with van der Waals surface area (Å²) in [6.07, 6.45) is -0.130. The summed E-state index contributed by atoms with van der Waals surface area (Å²) in [5, 5.41) is 3.19. The summed E-state index contributed by atoms with van der Waals surface area (Å²) in [4.78, 5) is 0.191. The molecular formula is C14H22N2O4S. The van der Waals surface area contributed by atoms with E-state index in [0.717, 1.165) is 12.1 Å². The highest BCUT2D eigenvalue weighted by Crippen LogP contribution is 2.27. The van der Waals surface area contributed by atoms with Gasteiger partial charge in [-0.25, -0.2) is 8.42 Å². The van der Waals surface area contributed by atoms with E-state index < -0.39 is 10.0 Å². The van der Waals surface area contributed by atoms with E-state index in [2.05, 4.69) is 5.32 Å². The van der Waals surface area contributed by atoms with Gasteiger partial charge in [0.05, 0.1) is 19.8 Å². The van der Waals surface area contributed by atoms with Crippen LogP contribution in [0, 0.1) is 6.92 Å². The third-order valence-electron chi connectivity index (χ3n) is 3.47. The molecule has 1 heterocycles. The molecule has 0 bridgehead atoms. The quantitative estimate of drug-likeness (QED) is 0.862. The third-order valence-corrected chi connectivity index (χ3v) is 5.32. The van der Waals surface area contributed by atoms with Crippen LogP contribution >= 0.6 is 0 Å². The highest BCUT2D eigenvalue weighted by atomic mass is 32.2. The summed E-state index contributed by atoms with van der Waals surface area (Å²) in [7, 11) is -0.568. The van der Waals surface area contributed by atoms with Crippen LogP contribution in [0.3, 0.4) is 0 Å². The van der Waals surface area contributed by atoms with Crippen molar-refractivity contribution in [3.05, 3.63) is 23.8 Å². The molecule has 1 fully saturated rings. The predicted octanol–water partition coefficient (Wildman–Crippen LogP) is 0.613. The highest BCUT2D eigenvalue weighted by Gasteiger charge is 2.28. The molecular weight excluding hydrogens is 292 g/mol. The van der Waals surface area contributed by atoms with Crippen molar-refractivity contribution in [2.45, 2.75) is 17.9 Å². The maximum atomic E-state index is 12.7. The zero-order valence-electron chi connectivity index (χ0n) is 12.6. The van der Waals surface area contributed by atoms with Crippen LogP contribution < -0.4 is 10.1 Å². The Morgan fingerprint density at radius 2 is 2.24 bits per heavy atom. The molecule has 1 atom stereocenters. The SMILES string of the molecule is COc1ccc(C)cc1S(=O)(=O)N(C)CC1CNCCO1. The Balaban J connectivity index is 2.22. The van der Waals surface area contributed by atoms with Crippen molar-refractivity contribution in [3.8, 4) is 5.75 Å². The predicted molar refractivity (Wildman–Crippen MR) is 80.2 cm³/mol. The number of methoxy groups -OCH3 is 1. The van der Waals surface area contributed by atoms with E-state index in [0.29, 0.717) is 25.4 Å². The van der Waals surface area contributed by atoms with Gasteiger partial charge in [-0.05, 0) is 24.6 Å². The van der Waals surface area contributed by atoms with Gasteiger partial charge in [0.15, 0.2) is 0 Å². The van der Waals surface area contributed by atoms with Crippen LogP contribution in [0.25, 0.3) is 0 Å². The highest BCUT2D eigenvalue weighted by molar-refractivity contribution is 7.89. The van der Waals surface area contributed by atoms with Crippen molar-refractivity contribution < 1.29 is 17.9 Å². The summed E-state index contributed by atoms with van der Waals surface area (Å²) in [5.41, 5.74) is 0.873. The van der Waals surface area contributed by atoms with Crippen LogP contribution in [0.1, 0.15) is 5.56 Å². The van der Waals surface area contributed by atoms with Crippen LogP contribution in [-0.4, -0.2) is 59.2 Å². The lowest BCUT2D eigenvalue weighted by molar-refractivity contribution is 0.0206. The first-order chi connectivity index (χ1) is 9.95. The van der Waals surface area contributed by atoms with Gasteiger partial charge in [0.25, 0.3) is 0 Å². The van der Waals surface area contributed by atoms with Gasteiger partial charge in [0, 0.05) is 26.7 Å². The number of sulfonamides is 1. The molecule has 7 heteroatoms. The molecule has 1 aromatic carbocycles. The number of hydrogen-bond acceptors (Lipinski definition) is 5. The molecule has 0 aromatic heterocycles. The number of nitrogens with one attached hydrogen (secondary N) is 1. The fraction of sp³-hybridized carbons (Fsp3) is 0.571. The van der Waals surface area contributed by atoms with Crippen molar-refractivity contribution >= 4 is 10.0 Å². The monoisotopic (exact) mass is 314 g/mol. The van der Waals surface area contributed by atoms with E-state index in [1.165, 1.54) is 11.4 Å². The molecule has 0 spiro atoms. The Kier molecular flexibility index (Phi) is 5.21. The minimum Gasteiger partial charge on any atom is -0.495 e. The molecule has 1 aliphatic rings. The topological polar surface area (TPSA) is 67.9 Å². The van der Waals surface area contributed by atoms with E-state index in [9.17, 15) is 8.42 Å². The van der Waals surface area contributed by atoms with Gasteiger partial charge in [-0.1, -0.05) is 6.07 Å². The van der Waals surface area contributed by atoms with Crippen LogP contribution in [0.15, 0.2) is 23.1 Å². The fourth-order valence-electron chi connectivity index (χ4n) is 2.28. The van der Waals surface area contributed by atoms with Crippen molar-refractivity contribution in [3.63, 3.8) is 0 Å². The second-order valence-corrected chi connectivity index (χ2v) is 7.15. The van der Waals surface area contributed by atoms with Gasteiger partial charge in [0.2, 0.25) is 10.0 Å². The summed E-state index contributed by atoms with van der Waals surface area (Å²) < 4.78 is 37.5. The molecule has 1 N–H and O–H groups in total. The maximum absolute atomic E-state index is 12.7. The lowest BCUT2D eigenvalue weighted by atomic mass is 10.2. The first-order valence-corrected chi connectivity index (χ1v) is 8.32. The maximum Gasteiger partial charge on any atom is 0.246 e. The molecule has 0 saturated carbocycles. The average Bonchev–Trinajstić information content (AvgIpc) is 2.48. The Morgan fingerprint density at radius 3 is 2.86 bits per heavy atom. The summed E-state index contributed by atoms with van der Waals surface area (Å²) in [6.45, 7) is 4.23. The van der Waals surface area contributed by atoms with Crippen molar-refractivity contribution in [2.75, 3.05) is 40.4 Å². The summed E-state index contributed by atoms with van der Waals surface area (Å²) in [5.74, 6) is 0.357. The molecule has 0 amide bonds. The standard InChI is InChI=1S/C14H22N2O4S/c1-11-4-5-13(19-3)14(8-11)21(17,18)16(2)10-12-9-15-6-7-20-12/h4-5,8,12,15H,6-7,9-10H2,1-3H3. The largest absolute Gasteiger partial charge is 0.495 e. The third kappa shape index (κ3) is 3.74. The zero-order chi connectivity index (χ0) is 15.5. The van der Waals surface area contributed by atoms with Gasteiger partial charge >= 0.3 is 0 Å². The number of ether oxygens (including phenoxy) is 2. The van der Waals surface area contributed by atoms with Gasteiger partial charge in [0.1, 0.15) is 10.6 Å². The second kappa shape index (κ2) is 6.74. The van der Waals surface area contributed by atoms with E-state index in [4.69, 9.17) is 9.47 Å². The van der Waals surface area contributed by atoms with Gasteiger partial charge < -0.3 is 14.8 Å². The lowest BCUT2D eigenvalue weighted by Crippen LogP contribution is -2.45. The van der Waals surface area contributed by atoms with Crippen molar-refractivity contribution in [2.24, 2.45) is 0 Å². The van der Waals surface area contributed by atoms with Crippen LogP contribution in [0.5, 0.6) is 5.75 Å². The van der Waals surface area contributed by atoms with Crippen LogP contribution in [-0.2, 0) is 14.8 Å². The first-order valence-electron chi connectivity index (χ1n) is 6.88. The van der Waals surface area contributed by atoms with Crippen LogP contribution in [0.2, 0.25) is 0 Å². The van der Waals surface area contributed by atoms with E-state index >= 15 is 0 Å². The average molecular weight is 314 g/mol. The van der Waals surface area contributed by atoms with E-state index in [-0.39, 0.29) is 11.0 Å². The van der Waals surface area contributed by atoms with E-state index in [1.54, 1.807) is 19.2 Å². The number of nitrogens with zero attached hydrogens (tertiary/aromatic N) is 1. The number of aryl methyl sites for hydroxylation is 1. The molecule has 0 aliphatic carbocycles. The number of rotatable bonds is 5. The molecule has 1 aliphatic heterocycles. The molecule has 21 heavy (non-hydrogen) atoms. The molecule has 1 aromatic rings. The smallest absolute Gasteiger partial charge is 0.246 e. The Labute approximate surface area is 126 Å². The molecule has 6 nitrogen and oxygen atoms in total. The van der Waals surface area contributed by atoms with Gasteiger partial charge in [-0.15, -0.1) is 0 Å². The molecule has 2 rings (SSSR count). The number of likely N-dealkylation sites (N-methyl/N-ethyl adjacent to an activating group) is 1. The van der Waals surface area contributed by atoms with Crippen molar-refractivity contribution in [1.82, 2.24) is 9.62 Å². The molecule has 1 unspecified atom stereocenters. The molecule has 118 valence electrons. The number of benzene rings is 1. The Morgan fingerprint density at radius 1 is 1.48 bits per heavy atom. The lowest BCUT2D eigenvalue weighted by Gasteiger charge is -2.28. The number of hydrogen-bond donors (Lipinski definition) is 1. The molecule has 1 saturated heterocycles. The van der Waals surface area contributed by atoms with Gasteiger partial charge in [-0.2, -0.15) is 4.31 Å². The summed E-state index contributed by atoms with van der Waals surface area (Å²) in [6, 6.07) is 5.13. The fourth-order valence-corrected chi connectivity index (χ4v) is 3.71. The molecule has 0 radical (unpaired) electrons. The van der Waals surface area contributed by atoms with Crippen LogP contribution in [0.4, 0.5) is 0 Å². The Hall–Kier alpha value is -1.15. The minimum absolute atomic E-state index is 0.130. The first kappa shape index (κ1) is 16.2.